The Morgan fingerprint density at radius 3 is 1.63 bits per heavy atom. The van der Waals surface area contributed by atoms with Crippen LogP contribution in [-0.4, -0.2) is 23.4 Å². The van der Waals surface area contributed by atoms with Gasteiger partial charge in [0.05, 0.1) is 13.2 Å². The lowest BCUT2D eigenvalue weighted by Gasteiger charge is -2.04. The van der Waals surface area contributed by atoms with Crippen LogP contribution in [0, 0.1) is 0 Å². The smallest absolute Gasteiger partial charge is 0.0642 e. The monoisotopic (exact) mass is 270 g/mol. The highest BCUT2D eigenvalue weighted by Crippen LogP contribution is 2.13. The second-order valence-corrected chi connectivity index (χ2v) is 5.49. The van der Waals surface area contributed by atoms with Crippen molar-refractivity contribution in [1.29, 1.82) is 0 Å². The molecule has 0 rings (SSSR count). The van der Waals surface area contributed by atoms with Gasteiger partial charge in [0.1, 0.15) is 0 Å². The maximum atomic E-state index is 9.04. The van der Waals surface area contributed by atoms with Crippen LogP contribution in [0.4, 0.5) is 0 Å². The lowest BCUT2D eigenvalue weighted by molar-refractivity contribution is 0.314. The van der Waals surface area contributed by atoms with Gasteiger partial charge >= 0.3 is 0 Å². The Hall–Kier alpha value is -0.340. The highest BCUT2D eigenvalue weighted by molar-refractivity contribution is 5.01. The second kappa shape index (κ2) is 15.7. The number of hydrogen-bond donors (Lipinski definition) is 2. The summed E-state index contributed by atoms with van der Waals surface area (Å²) < 4.78 is 0. The fourth-order valence-electron chi connectivity index (χ4n) is 2.39. The molecule has 0 unspecified atom stereocenters. The van der Waals surface area contributed by atoms with Gasteiger partial charge in [0.15, 0.2) is 0 Å². The zero-order chi connectivity index (χ0) is 14.2. The zero-order valence-electron chi connectivity index (χ0n) is 12.9. The topological polar surface area (TPSA) is 40.5 Å². The van der Waals surface area contributed by atoms with Crippen LogP contribution in [-0.2, 0) is 0 Å². The lowest BCUT2D eigenvalue weighted by Crippen LogP contribution is -1.93. The van der Waals surface area contributed by atoms with E-state index in [1.165, 1.54) is 64.2 Å². The molecule has 0 aliphatic rings. The normalized spacial score (nSPS) is 12.1. The standard InChI is InChI=1S/C17H34O2/c1-2-3-4-5-6-7-8-9-10-11-12-13-17(16-19)14-15-18/h14,18-19H,2-13,15-16H2,1H3. The van der Waals surface area contributed by atoms with Crippen LogP contribution in [0.25, 0.3) is 0 Å². The number of rotatable bonds is 14. The predicted octanol–water partition coefficient (Wildman–Crippen LogP) is 4.60. The molecule has 2 heteroatoms. The average Bonchev–Trinajstić information content (AvgIpc) is 2.43. The molecule has 0 saturated carbocycles. The van der Waals surface area contributed by atoms with Crippen molar-refractivity contribution in [2.24, 2.45) is 0 Å². The maximum Gasteiger partial charge on any atom is 0.0642 e. The third-order valence-electron chi connectivity index (χ3n) is 3.68. The van der Waals surface area contributed by atoms with Crippen molar-refractivity contribution >= 4 is 0 Å². The SMILES string of the molecule is CCCCCCCCCCCCCC(=CCO)CO. The number of aliphatic hydroxyl groups is 2. The number of aliphatic hydroxyl groups excluding tert-OH is 2. The molecule has 0 aromatic rings. The summed E-state index contributed by atoms with van der Waals surface area (Å²) in [6.07, 6.45) is 17.5. The molecule has 0 aromatic heterocycles. The van der Waals surface area contributed by atoms with Crippen molar-refractivity contribution in [3.8, 4) is 0 Å². The van der Waals surface area contributed by atoms with E-state index in [1.54, 1.807) is 6.08 Å². The van der Waals surface area contributed by atoms with Crippen molar-refractivity contribution in [2.75, 3.05) is 13.2 Å². The lowest BCUT2D eigenvalue weighted by atomic mass is 10.0. The molecule has 2 nitrogen and oxygen atoms in total. The first kappa shape index (κ1) is 18.7. The van der Waals surface area contributed by atoms with Crippen molar-refractivity contribution < 1.29 is 10.2 Å². The van der Waals surface area contributed by atoms with Gasteiger partial charge in [0.2, 0.25) is 0 Å². The van der Waals surface area contributed by atoms with E-state index < -0.39 is 0 Å². The molecular formula is C17H34O2. The van der Waals surface area contributed by atoms with Crippen LogP contribution >= 0.6 is 0 Å². The second-order valence-electron chi connectivity index (χ2n) is 5.49. The fourth-order valence-corrected chi connectivity index (χ4v) is 2.39. The molecule has 0 atom stereocenters. The first-order valence-corrected chi connectivity index (χ1v) is 8.24. The Morgan fingerprint density at radius 2 is 1.21 bits per heavy atom. The van der Waals surface area contributed by atoms with Crippen LogP contribution in [0.1, 0.15) is 84.0 Å². The van der Waals surface area contributed by atoms with E-state index >= 15 is 0 Å². The summed E-state index contributed by atoms with van der Waals surface area (Å²) in [4.78, 5) is 0. The minimum absolute atomic E-state index is 0.0495. The molecule has 0 aliphatic carbocycles. The van der Waals surface area contributed by atoms with Gasteiger partial charge in [-0.25, -0.2) is 0 Å². The Morgan fingerprint density at radius 1 is 0.737 bits per heavy atom. The summed E-state index contributed by atoms with van der Waals surface area (Å²) >= 11 is 0. The van der Waals surface area contributed by atoms with Crippen molar-refractivity contribution in [3.05, 3.63) is 11.6 Å². The first-order valence-electron chi connectivity index (χ1n) is 8.24. The molecule has 2 N–H and O–H groups in total. The molecule has 0 heterocycles. The number of hydrogen-bond acceptors (Lipinski definition) is 2. The highest BCUT2D eigenvalue weighted by atomic mass is 16.3. The fraction of sp³-hybridized carbons (Fsp3) is 0.882. The van der Waals surface area contributed by atoms with Crippen LogP contribution in [0.2, 0.25) is 0 Å². The van der Waals surface area contributed by atoms with E-state index in [2.05, 4.69) is 6.92 Å². The molecule has 0 bridgehead atoms. The maximum absolute atomic E-state index is 9.04. The van der Waals surface area contributed by atoms with Gasteiger partial charge in [-0.3, -0.25) is 0 Å². The molecule has 0 aliphatic heterocycles. The number of unbranched alkanes of at least 4 members (excludes halogenated alkanes) is 10. The van der Waals surface area contributed by atoms with E-state index in [-0.39, 0.29) is 13.2 Å². The zero-order valence-corrected chi connectivity index (χ0v) is 12.9. The molecule has 0 aromatic carbocycles. The van der Waals surface area contributed by atoms with Gasteiger partial charge in [-0.05, 0) is 18.4 Å². The summed E-state index contributed by atoms with van der Waals surface area (Å²) in [6, 6.07) is 0. The van der Waals surface area contributed by atoms with Crippen molar-refractivity contribution in [2.45, 2.75) is 84.0 Å². The van der Waals surface area contributed by atoms with Crippen LogP contribution in [0.15, 0.2) is 11.6 Å². The molecule has 0 spiro atoms. The summed E-state index contributed by atoms with van der Waals surface area (Å²) in [5.74, 6) is 0. The summed E-state index contributed by atoms with van der Waals surface area (Å²) in [7, 11) is 0. The van der Waals surface area contributed by atoms with Gasteiger partial charge in [0, 0.05) is 0 Å². The van der Waals surface area contributed by atoms with E-state index in [4.69, 9.17) is 10.2 Å². The molecule has 19 heavy (non-hydrogen) atoms. The third-order valence-corrected chi connectivity index (χ3v) is 3.68. The van der Waals surface area contributed by atoms with Crippen molar-refractivity contribution in [3.63, 3.8) is 0 Å². The largest absolute Gasteiger partial charge is 0.392 e. The quantitative estimate of drug-likeness (QED) is 0.358. The van der Waals surface area contributed by atoms with E-state index in [0.29, 0.717) is 0 Å². The van der Waals surface area contributed by atoms with Gasteiger partial charge in [-0.15, -0.1) is 0 Å². The van der Waals surface area contributed by atoms with E-state index in [0.717, 1.165) is 18.4 Å². The minimum atomic E-state index is 0.0495. The molecule has 0 radical (unpaired) electrons. The Balaban J connectivity index is 3.16. The molecular weight excluding hydrogens is 236 g/mol. The molecule has 0 amide bonds. The van der Waals surface area contributed by atoms with Gasteiger partial charge in [-0.2, -0.15) is 0 Å². The van der Waals surface area contributed by atoms with Crippen LogP contribution in [0.3, 0.4) is 0 Å². The summed E-state index contributed by atoms with van der Waals surface area (Å²) in [5.41, 5.74) is 0.985. The average molecular weight is 270 g/mol. The molecule has 114 valence electrons. The van der Waals surface area contributed by atoms with Gasteiger partial charge in [0.25, 0.3) is 0 Å². The van der Waals surface area contributed by atoms with Crippen LogP contribution < -0.4 is 0 Å². The van der Waals surface area contributed by atoms with Gasteiger partial charge in [-0.1, -0.05) is 77.2 Å². The Kier molecular flexibility index (Phi) is 15.4. The summed E-state index contributed by atoms with van der Waals surface area (Å²) in [6.45, 7) is 2.41. The van der Waals surface area contributed by atoms with Crippen molar-refractivity contribution in [1.82, 2.24) is 0 Å². The Bertz CT molecular complexity index is 199. The molecule has 0 saturated heterocycles. The first-order chi connectivity index (χ1) is 9.35. The minimum Gasteiger partial charge on any atom is -0.392 e. The third kappa shape index (κ3) is 13.9. The van der Waals surface area contributed by atoms with E-state index in [9.17, 15) is 0 Å². The van der Waals surface area contributed by atoms with Crippen LogP contribution in [0.5, 0.6) is 0 Å². The molecule has 0 fully saturated rings. The summed E-state index contributed by atoms with van der Waals surface area (Å²) in [5, 5.41) is 17.8. The van der Waals surface area contributed by atoms with Gasteiger partial charge < -0.3 is 10.2 Å². The predicted molar refractivity (Wildman–Crippen MR) is 83.3 cm³/mol. The highest BCUT2D eigenvalue weighted by Gasteiger charge is 1.96. The Labute approximate surface area is 119 Å². The van der Waals surface area contributed by atoms with E-state index in [1.807, 2.05) is 0 Å².